The molecule has 2 aromatic heterocycles. The van der Waals surface area contributed by atoms with Crippen molar-refractivity contribution in [3.05, 3.63) is 106 Å². The van der Waals surface area contributed by atoms with Gasteiger partial charge < -0.3 is 24.3 Å². The van der Waals surface area contributed by atoms with Gasteiger partial charge in [-0.25, -0.2) is 0 Å². The van der Waals surface area contributed by atoms with Gasteiger partial charge in [0, 0.05) is 29.3 Å². The molecular weight excluding hydrogens is 502 g/mol. The fourth-order valence-electron chi connectivity index (χ4n) is 5.11. The van der Waals surface area contributed by atoms with Gasteiger partial charge in [-0.05, 0) is 80.2 Å². The first kappa shape index (κ1) is 25.2. The number of thiocarbonyl (C=S) groups is 1. The highest BCUT2D eigenvalue weighted by molar-refractivity contribution is 7.80. The Balaban J connectivity index is 1.67. The Morgan fingerprint density at radius 1 is 1.03 bits per heavy atom. The molecule has 0 saturated carbocycles. The zero-order chi connectivity index (χ0) is 27.0. The summed E-state index contributed by atoms with van der Waals surface area (Å²) in [5.41, 5.74) is 5.44. The number of rotatable bonds is 7. The third-order valence-corrected chi connectivity index (χ3v) is 7.17. The smallest absolute Gasteiger partial charge is 0.273 e. The summed E-state index contributed by atoms with van der Waals surface area (Å²) >= 11 is 5.86. The molecule has 38 heavy (non-hydrogen) atoms. The lowest BCUT2D eigenvalue weighted by molar-refractivity contribution is -0.384. The SMILES string of the molecule is COc1ccc(N2C(=S)N[C@H](c3ccccn3)[C@@H]2c2cc(C)n(-c3ccc([N+](=O)[O-])cc3OC)c2C)cc1. The van der Waals surface area contributed by atoms with Crippen LogP contribution in [0, 0.1) is 24.0 Å². The summed E-state index contributed by atoms with van der Waals surface area (Å²) in [6.45, 7) is 4.04. The van der Waals surface area contributed by atoms with Crippen molar-refractivity contribution in [3.63, 3.8) is 0 Å². The second-order valence-corrected chi connectivity index (χ2v) is 9.36. The van der Waals surface area contributed by atoms with Crippen LogP contribution in [0.2, 0.25) is 0 Å². The molecule has 2 aromatic carbocycles. The highest BCUT2D eigenvalue weighted by atomic mass is 32.1. The first-order valence-electron chi connectivity index (χ1n) is 12.0. The number of pyridine rings is 1. The standard InChI is InChI=1S/C28H27N5O4S/c1-17-15-22(18(2)31(17)24-13-10-20(33(34)35)16-25(24)37-4)27-26(23-7-5-6-14-29-23)30-28(38)32(27)19-8-11-21(36-3)12-9-19/h5-16,26-27H,1-4H3,(H,30,38)/t26-,27+/m1/s1. The molecule has 0 radical (unpaired) electrons. The van der Waals surface area contributed by atoms with Crippen molar-refractivity contribution in [2.45, 2.75) is 25.9 Å². The molecule has 194 valence electrons. The van der Waals surface area contributed by atoms with E-state index in [0.717, 1.165) is 39.8 Å². The molecule has 1 aliphatic rings. The molecule has 0 aliphatic carbocycles. The van der Waals surface area contributed by atoms with Crippen LogP contribution in [0.15, 0.2) is 72.9 Å². The highest BCUT2D eigenvalue weighted by Crippen LogP contribution is 2.44. The second kappa shape index (κ2) is 10.1. The van der Waals surface area contributed by atoms with Gasteiger partial charge in [-0.2, -0.15) is 0 Å². The van der Waals surface area contributed by atoms with Crippen LogP contribution >= 0.6 is 12.2 Å². The maximum absolute atomic E-state index is 11.3. The van der Waals surface area contributed by atoms with E-state index >= 15 is 0 Å². The molecule has 0 amide bonds. The zero-order valence-electron chi connectivity index (χ0n) is 21.4. The van der Waals surface area contributed by atoms with Gasteiger partial charge in [0.2, 0.25) is 0 Å². The van der Waals surface area contributed by atoms with Crippen LogP contribution < -0.4 is 19.7 Å². The molecule has 1 saturated heterocycles. The average Bonchev–Trinajstić information content (AvgIpc) is 3.43. The third kappa shape index (κ3) is 4.32. The van der Waals surface area contributed by atoms with Gasteiger partial charge in [-0.3, -0.25) is 15.1 Å². The Bertz CT molecular complexity index is 1500. The molecule has 3 heterocycles. The minimum absolute atomic E-state index is 0.0282. The Kier molecular flexibility index (Phi) is 6.73. The molecule has 1 aliphatic heterocycles. The zero-order valence-corrected chi connectivity index (χ0v) is 22.2. The summed E-state index contributed by atoms with van der Waals surface area (Å²) < 4.78 is 13.0. The molecule has 9 nitrogen and oxygen atoms in total. The van der Waals surface area contributed by atoms with Gasteiger partial charge in [0.15, 0.2) is 5.11 Å². The third-order valence-electron chi connectivity index (χ3n) is 6.85. The van der Waals surface area contributed by atoms with Gasteiger partial charge >= 0.3 is 0 Å². The maximum atomic E-state index is 11.3. The molecular formula is C28H27N5O4S. The molecule has 0 unspecified atom stereocenters. The van der Waals surface area contributed by atoms with Crippen molar-refractivity contribution in [2.24, 2.45) is 0 Å². The number of aryl methyl sites for hydroxylation is 1. The van der Waals surface area contributed by atoms with Crippen LogP contribution in [0.3, 0.4) is 0 Å². The van der Waals surface area contributed by atoms with E-state index in [1.54, 1.807) is 19.4 Å². The summed E-state index contributed by atoms with van der Waals surface area (Å²) in [5, 5.41) is 15.4. The molecule has 1 fully saturated rings. The van der Waals surface area contributed by atoms with Crippen LogP contribution in [0.5, 0.6) is 11.5 Å². The van der Waals surface area contributed by atoms with E-state index in [1.807, 2.05) is 56.3 Å². The number of nitro groups is 1. The summed E-state index contributed by atoms with van der Waals surface area (Å²) in [7, 11) is 3.15. The number of benzene rings is 2. The molecule has 0 bridgehead atoms. The van der Waals surface area contributed by atoms with E-state index in [1.165, 1.54) is 19.2 Å². The number of aromatic nitrogens is 2. The Morgan fingerprint density at radius 2 is 1.79 bits per heavy atom. The summed E-state index contributed by atoms with van der Waals surface area (Å²) in [5.74, 6) is 1.17. The summed E-state index contributed by atoms with van der Waals surface area (Å²) in [6, 6.07) is 20.0. The first-order chi connectivity index (χ1) is 18.3. The fraction of sp³-hybridized carbons (Fsp3) is 0.214. The van der Waals surface area contributed by atoms with Crippen molar-refractivity contribution in [1.82, 2.24) is 14.9 Å². The van der Waals surface area contributed by atoms with Crippen LogP contribution in [-0.2, 0) is 0 Å². The number of nitro benzene ring substituents is 1. The lowest BCUT2D eigenvalue weighted by Crippen LogP contribution is -2.29. The van der Waals surface area contributed by atoms with E-state index in [2.05, 4.69) is 25.8 Å². The Morgan fingerprint density at radius 3 is 2.42 bits per heavy atom. The predicted octanol–water partition coefficient (Wildman–Crippen LogP) is 5.59. The molecule has 1 N–H and O–H groups in total. The number of hydrogen-bond acceptors (Lipinski definition) is 6. The predicted molar refractivity (Wildman–Crippen MR) is 149 cm³/mol. The summed E-state index contributed by atoms with van der Waals surface area (Å²) in [4.78, 5) is 17.7. The first-order valence-corrected chi connectivity index (χ1v) is 12.4. The number of ether oxygens (including phenoxy) is 2. The van der Waals surface area contributed by atoms with Gasteiger partial charge in [0.25, 0.3) is 5.69 Å². The largest absolute Gasteiger partial charge is 0.497 e. The number of methoxy groups -OCH3 is 2. The molecule has 2 atom stereocenters. The quantitative estimate of drug-likeness (QED) is 0.188. The van der Waals surface area contributed by atoms with E-state index in [0.29, 0.717) is 10.9 Å². The van der Waals surface area contributed by atoms with Crippen LogP contribution in [0.25, 0.3) is 5.69 Å². The van der Waals surface area contributed by atoms with Crippen LogP contribution in [0.1, 0.15) is 34.7 Å². The Hall–Kier alpha value is -4.44. The van der Waals surface area contributed by atoms with Crippen molar-refractivity contribution in [1.29, 1.82) is 0 Å². The van der Waals surface area contributed by atoms with E-state index in [-0.39, 0.29) is 17.8 Å². The fourth-order valence-corrected chi connectivity index (χ4v) is 5.46. The van der Waals surface area contributed by atoms with Crippen LogP contribution in [0.4, 0.5) is 11.4 Å². The van der Waals surface area contributed by atoms with Crippen LogP contribution in [-0.4, -0.2) is 33.8 Å². The van der Waals surface area contributed by atoms with E-state index in [4.69, 9.17) is 21.7 Å². The number of hydrogen-bond donors (Lipinski definition) is 1. The van der Waals surface area contributed by atoms with E-state index < -0.39 is 4.92 Å². The van der Waals surface area contributed by atoms with E-state index in [9.17, 15) is 10.1 Å². The molecule has 0 spiro atoms. The minimum atomic E-state index is -0.428. The van der Waals surface area contributed by atoms with Gasteiger partial charge in [-0.15, -0.1) is 0 Å². The van der Waals surface area contributed by atoms with Crippen molar-refractivity contribution < 1.29 is 14.4 Å². The maximum Gasteiger partial charge on any atom is 0.273 e. The van der Waals surface area contributed by atoms with Crippen molar-refractivity contribution in [3.8, 4) is 17.2 Å². The average molecular weight is 530 g/mol. The number of nitrogens with one attached hydrogen (secondary N) is 1. The molecule has 10 heteroatoms. The number of non-ortho nitro benzene ring substituents is 1. The van der Waals surface area contributed by atoms with Crippen molar-refractivity contribution in [2.75, 3.05) is 19.1 Å². The normalized spacial score (nSPS) is 16.8. The lowest BCUT2D eigenvalue weighted by atomic mass is 9.96. The van der Waals surface area contributed by atoms with Gasteiger partial charge in [0.1, 0.15) is 11.5 Å². The number of nitrogens with zero attached hydrogens (tertiary/aromatic N) is 4. The molecule has 5 rings (SSSR count). The number of anilines is 1. The van der Waals surface area contributed by atoms with Gasteiger partial charge in [0.05, 0.1) is 48.7 Å². The van der Waals surface area contributed by atoms with Gasteiger partial charge in [-0.1, -0.05) is 6.07 Å². The Labute approximate surface area is 225 Å². The highest BCUT2D eigenvalue weighted by Gasteiger charge is 2.42. The monoisotopic (exact) mass is 529 g/mol. The second-order valence-electron chi connectivity index (χ2n) is 8.97. The summed E-state index contributed by atoms with van der Waals surface area (Å²) in [6.07, 6.45) is 1.78. The van der Waals surface area contributed by atoms with Crippen molar-refractivity contribution >= 4 is 28.7 Å². The lowest BCUT2D eigenvalue weighted by Gasteiger charge is -2.28. The minimum Gasteiger partial charge on any atom is -0.497 e. The topological polar surface area (TPSA) is 94.7 Å². The molecule has 4 aromatic rings.